The summed E-state index contributed by atoms with van der Waals surface area (Å²) < 4.78 is 2.44. The van der Waals surface area contributed by atoms with Crippen molar-refractivity contribution in [2.24, 2.45) is 0 Å². The van der Waals surface area contributed by atoms with Crippen LogP contribution in [0.15, 0.2) is 28.9 Å². The number of halogens is 2. The average Bonchev–Trinajstić information content (AvgIpc) is 2.74. The van der Waals surface area contributed by atoms with E-state index in [4.69, 9.17) is 17.3 Å². The van der Waals surface area contributed by atoms with Gasteiger partial charge < -0.3 is 11.1 Å². The number of nitrogens with one attached hydrogen (secondary N) is 1. The number of carbonyl (C=O) groups is 1. The van der Waals surface area contributed by atoms with Crippen molar-refractivity contribution in [1.29, 1.82) is 0 Å². The van der Waals surface area contributed by atoms with Crippen LogP contribution in [0.25, 0.3) is 0 Å². The van der Waals surface area contributed by atoms with Crippen molar-refractivity contribution >= 4 is 44.8 Å². The zero-order valence-electron chi connectivity index (χ0n) is 10.2. The quantitative estimate of drug-likeness (QED) is 0.899. The van der Waals surface area contributed by atoms with E-state index in [2.05, 4.69) is 26.3 Å². The lowest BCUT2D eigenvalue weighted by Gasteiger charge is -2.06. The Morgan fingerprint density at radius 2 is 2.32 bits per heavy atom. The van der Waals surface area contributed by atoms with E-state index in [0.717, 1.165) is 4.47 Å². The van der Waals surface area contributed by atoms with Crippen LogP contribution in [0.3, 0.4) is 0 Å². The minimum absolute atomic E-state index is 0.195. The maximum absolute atomic E-state index is 12.1. The minimum atomic E-state index is -0.381. The first-order chi connectivity index (χ1) is 9.01. The molecule has 0 aliphatic carbocycles. The first kappa shape index (κ1) is 13.9. The minimum Gasteiger partial charge on any atom is -0.396 e. The summed E-state index contributed by atoms with van der Waals surface area (Å²) in [5.41, 5.74) is 6.80. The van der Waals surface area contributed by atoms with E-state index < -0.39 is 0 Å². The monoisotopic (exact) mass is 342 g/mol. The highest BCUT2D eigenvalue weighted by molar-refractivity contribution is 9.10. The molecule has 0 aliphatic rings. The van der Waals surface area contributed by atoms with Crippen LogP contribution in [0.1, 0.15) is 17.4 Å². The largest absolute Gasteiger partial charge is 0.396 e. The summed E-state index contributed by atoms with van der Waals surface area (Å²) in [6.45, 7) is 2.57. The van der Waals surface area contributed by atoms with Gasteiger partial charge in [0.15, 0.2) is 5.69 Å². The van der Waals surface area contributed by atoms with Gasteiger partial charge in [-0.15, -0.1) is 0 Å². The smallest absolute Gasteiger partial charge is 0.278 e. The number of amides is 1. The van der Waals surface area contributed by atoms with Crippen molar-refractivity contribution in [1.82, 2.24) is 9.78 Å². The molecule has 0 saturated heterocycles. The highest BCUT2D eigenvalue weighted by atomic mass is 79.9. The Balaban J connectivity index is 2.23. The van der Waals surface area contributed by atoms with Gasteiger partial charge in [0, 0.05) is 17.2 Å². The maximum Gasteiger partial charge on any atom is 0.278 e. The molecule has 7 heteroatoms. The average molecular weight is 344 g/mol. The SMILES string of the molecule is CCn1cc(N)c(C(=O)Nc2ccc(Br)cc2Cl)n1. The predicted molar refractivity (Wildman–Crippen MR) is 79.4 cm³/mol. The lowest BCUT2D eigenvalue weighted by Crippen LogP contribution is -2.15. The number of aromatic nitrogens is 2. The first-order valence-corrected chi connectivity index (χ1v) is 6.77. The molecule has 0 atom stereocenters. The summed E-state index contributed by atoms with van der Waals surface area (Å²) in [6.07, 6.45) is 1.62. The van der Waals surface area contributed by atoms with E-state index in [-0.39, 0.29) is 11.6 Å². The Bertz CT molecular complexity index is 626. The standard InChI is InChI=1S/C12H12BrClN4O/c1-2-18-6-9(15)11(17-18)12(19)16-10-4-3-7(13)5-8(10)14/h3-6H,2,15H2,1H3,(H,16,19). The summed E-state index contributed by atoms with van der Waals surface area (Å²) in [5.74, 6) is -0.381. The second kappa shape index (κ2) is 5.63. The molecule has 0 spiro atoms. The number of benzene rings is 1. The van der Waals surface area contributed by atoms with Crippen molar-refractivity contribution < 1.29 is 4.79 Å². The zero-order chi connectivity index (χ0) is 14.0. The number of nitrogens with two attached hydrogens (primary N) is 1. The van der Waals surface area contributed by atoms with Crippen LogP contribution in [0.2, 0.25) is 5.02 Å². The molecule has 5 nitrogen and oxygen atoms in total. The van der Waals surface area contributed by atoms with E-state index >= 15 is 0 Å². The van der Waals surface area contributed by atoms with Crippen LogP contribution in [-0.2, 0) is 6.54 Å². The number of carbonyl (C=O) groups excluding carboxylic acids is 1. The van der Waals surface area contributed by atoms with Gasteiger partial charge in [0.05, 0.1) is 16.4 Å². The van der Waals surface area contributed by atoms with Crippen molar-refractivity contribution in [3.05, 3.63) is 39.6 Å². The van der Waals surface area contributed by atoms with Crippen LogP contribution >= 0.6 is 27.5 Å². The van der Waals surface area contributed by atoms with Crippen LogP contribution < -0.4 is 11.1 Å². The summed E-state index contributed by atoms with van der Waals surface area (Å²) in [7, 11) is 0. The Labute approximate surface area is 123 Å². The third kappa shape index (κ3) is 3.08. The number of anilines is 2. The molecule has 19 heavy (non-hydrogen) atoms. The topological polar surface area (TPSA) is 72.9 Å². The third-order valence-corrected chi connectivity index (χ3v) is 3.31. The number of nitrogens with zero attached hydrogens (tertiary/aromatic N) is 2. The molecule has 3 N–H and O–H groups in total. The molecule has 0 radical (unpaired) electrons. The molecular formula is C12H12BrClN4O. The highest BCUT2D eigenvalue weighted by Crippen LogP contribution is 2.26. The fourth-order valence-electron chi connectivity index (χ4n) is 1.55. The number of aryl methyl sites for hydroxylation is 1. The summed E-state index contributed by atoms with van der Waals surface area (Å²) in [5, 5.41) is 7.22. The third-order valence-electron chi connectivity index (χ3n) is 2.51. The van der Waals surface area contributed by atoms with Crippen LogP contribution in [0.5, 0.6) is 0 Å². The fourth-order valence-corrected chi connectivity index (χ4v) is 2.27. The van der Waals surface area contributed by atoms with Gasteiger partial charge in [-0.3, -0.25) is 9.48 Å². The molecule has 1 heterocycles. The number of rotatable bonds is 3. The molecule has 2 aromatic rings. The molecule has 1 aromatic heterocycles. The first-order valence-electron chi connectivity index (χ1n) is 5.60. The second-order valence-corrected chi connectivity index (χ2v) is 5.19. The molecule has 1 aromatic carbocycles. The molecule has 0 aliphatic heterocycles. The molecule has 0 bridgehead atoms. The molecule has 2 rings (SSSR count). The maximum atomic E-state index is 12.1. The van der Waals surface area contributed by atoms with Crippen LogP contribution in [0.4, 0.5) is 11.4 Å². The molecule has 0 saturated carbocycles. The van der Waals surface area contributed by atoms with Gasteiger partial charge in [-0.2, -0.15) is 5.10 Å². The Kier molecular flexibility index (Phi) is 4.11. The Morgan fingerprint density at radius 1 is 1.58 bits per heavy atom. The van der Waals surface area contributed by atoms with Gasteiger partial charge in [0.2, 0.25) is 0 Å². The number of nitrogen functional groups attached to an aromatic ring is 1. The van der Waals surface area contributed by atoms with Crippen LogP contribution in [0, 0.1) is 0 Å². The summed E-state index contributed by atoms with van der Waals surface area (Å²) >= 11 is 9.33. The van der Waals surface area contributed by atoms with E-state index in [1.807, 2.05) is 6.92 Å². The van der Waals surface area contributed by atoms with Gasteiger partial charge in [0.25, 0.3) is 5.91 Å². The van der Waals surface area contributed by atoms with Gasteiger partial charge in [-0.05, 0) is 25.1 Å². The second-order valence-electron chi connectivity index (χ2n) is 3.87. The zero-order valence-corrected chi connectivity index (χ0v) is 12.5. The van der Waals surface area contributed by atoms with Crippen LogP contribution in [-0.4, -0.2) is 15.7 Å². The fraction of sp³-hybridized carbons (Fsp3) is 0.167. The summed E-state index contributed by atoms with van der Waals surface area (Å²) in [4.78, 5) is 12.1. The lowest BCUT2D eigenvalue weighted by atomic mass is 10.3. The molecule has 1 amide bonds. The van der Waals surface area contributed by atoms with Gasteiger partial charge in [0.1, 0.15) is 0 Å². The van der Waals surface area contributed by atoms with Crippen molar-refractivity contribution in [2.75, 3.05) is 11.1 Å². The molecule has 100 valence electrons. The van der Waals surface area contributed by atoms with E-state index in [1.54, 1.807) is 29.1 Å². The van der Waals surface area contributed by atoms with E-state index in [1.165, 1.54) is 0 Å². The number of hydrogen-bond donors (Lipinski definition) is 2. The van der Waals surface area contributed by atoms with Gasteiger partial charge in [-0.1, -0.05) is 27.5 Å². The molecular weight excluding hydrogens is 332 g/mol. The Morgan fingerprint density at radius 3 is 2.89 bits per heavy atom. The van der Waals surface area contributed by atoms with E-state index in [9.17, 15) is 4.79 Å². The molecule has 0 fully saturated rings. The highest BCUT2D eigenvalue weighted by Gasteiger charge is 2.15. The normalized spacial score (nSPS) is 10.5. The van der Waals surface area contributed by atoms with Gasteiger partial charge in [-0.25, -0.2) is 0 Å². The lowest BCUT2D eigenvalue weighted by molar-refractivity contribution is 0.102. The Hall–Kier alpha value is -1.53. The number of hydrogen-bond acceptors (Lipinski definition) is 3. The van der Waals surface area contributed by atoms with Gasteiger partial charge >= 0.3 is 0 Å². The van der Waals surface area contributed by atoms with Crippen molar-refractivity contribution in [2.45, 2.75) is 13.5 Å². The summed E-state index contributed by atoms with van der Waals surface area (Å²) in [6, 6.07) is 5.19. The predicted octanol–water partition coefficient (Wildman–Crippen LogP) is 3.15. The van der Waals surface area contributed by atoms with Crippen molar-refractivity contribution in [3.63, 3.8) is 0 Å². The molecule has 0 unspecified atom stereocenters. The van der Waals surface area contributed by atoms with Crippen molar-refractivity contribution in [3.8, 4) is 0 Å². The van der Waals surface area contributed by atoms with E-state index in [0.29, 0.717) is 22.9 Å².